The van der Waals surface area contributed by atoms with Crippen molar-refractivity contribution >= 4 is 5.97 Å². The molecule has 1 N–H and O–H groups in total. The Hall–Kier alpha value is -1.57. The van der Waals surface area contributed by atoms with Gasteiger partial charge in [-0.05, 0) is 38.5 Å². The van der Waals surface area contributed by atoms with Crippen LogP contribution in [-0.4, -0.2) is 11.1 Å². The van der Waals surface area contributed by atoms with Gasteiger partial charge in [-0.3, -0.25) is 4.79 Å². The van der Waals surface area contributed by atoms with Gasteiger partial charge >= 0.3 is 5.97 Å². The van der Waals surface area contributed by atoms with Crippen LogP contribution in [0, 0.1) is 0 Å². The molecule has 0 aromatic carbocycles. The first kappa shape index (κ1) is 20.4. The number of carboxylic acids is 1. The number of hydrogen-bond donors (Lipinski definition) is 1. The van der Waals surface area contributed by atoms with E-state index in [1.807, 2.05) is 12.2 Å². The number of allylic oxidation sites excluding steroid dienone is 8. The molecule has 2 nitrogen and oxygen atoms in total. The van der Waals surface area contributed by atoms with Crippen molar-refractivity contribution in [3.8, 4) is 0 Å². The highest BCUT2D eigenvalue weighted by atomic mass is 16.4. The normalized spacial score (nSPS) is 12.4. The summed E-state index contributed by atoms with van der Waals surface area (Å²) >= 11 is 0. The van der Waals surface area contributed by atoms with Crippen molar-refractivity contribution < 1.29 is 9.90 Å². The lowest BCUT2D eigenvalue weighted by Gasteiger charge is -1.94. The van der Waals surface area contributed by atoms with Crippen LogP contribution >= 0.6 is 0 Å². The lowest BCUT2D eigenvalue weighted by Crippen LogP contribution is -1.93. The molecular weight excluding hydrogens is 272 g/mol. The number of carboxylic acid groups (broad SMARTS) is 1. The minimum Gasteiger partial charge on any atom is -0.481 e. The fraction of sp³-hybridized carbons (Fsp3) is 0.550. The number of hydrogen-bond acceptors (Lipinski definition) is 1. The molecule has 0 aliphatic carbocycles. The molecule has 0 aliphatic heterocycles. The molecule has 0 spiro atoms. The predicted octanol–water partition coefficient (Wildman–Crippen LogP) is 6.22. The Morgan fingerprint density at radius 2 is 1.45 bits per heavy atom. The fourth-order valence-corrected chi connectivity index (χ4v) is 1.98. The first-order valence-electron chi connectivity index (χ1n) is 8.62. The first-order chi connectivity index (χ1) is 10.8. The summed E-state index contributed by atoms with van der Waals surface area (Å²) in [5.41, 5.74) is 0. The van der Waals surface area contributed by atoms with Crippen LogP contribution in [0.3, 0.4) is 0 Å². The van der Waals surface area contributed by atoms with Crippen molar-refractivity contribution in [2.24, 2.45) is 0 Å². The van der Waals surface area contributed by atoms with Crippen molar-refractivity contribution in [3.05, 3.63) is 48.6 Å². The van der Waals surface area contributed by atoms with Gasteiger partial charge in [0.2, 0.25) is 0 Å². The molecule has 0 amide bonds. The zero-order valence-electron chi connectivity index (χ0n) is 14.0. The molecule has 2 heteroatoms. The van der Waals surface area contributed by atoms with Gasteiger partial charge in [-0.15, -0.1) is 0 Å². The molecule has 0 aromatic heterocycles. The summed E-state index contributed by atoms with van der Waals surface area (Å²) in [5, 5.41) is 8.51. The summed E-state index contributed by atoms with van der Waals surface area (Å²) < 4.78 is 0. The summed E-state index contributed by atoms with van der Waals surface area (Å²) in [6, 6.07) is 0. The highest BCUT2D eigenvalue weighted by Gasteiger charge is 1.94. The van der Waals surface area contributed by atoms with Gasteiger partial charge in [0, 0.05) is 6.42 Å². The molecule has 0 atom stereocenters. The predicted molar refractivity (Wildman–Crippen MR) is 96.0 cm³/mol. The monoisotopic (exact) mass is 304 g/mol. The zero-order chi connectivity index (χ0) is 16.3. The molecule has 0 fully saturated rings. The van der Waals surface area contributed by atoms with E-state index in [-0.39, 0.29) is 0 Å². The lowest BCUT2D eigenvalue weighted by atomic mass is 10.1. The van der Waals surface area contributed by atoms with Crippen molar-refractivity contribution in [2.45, 2.75) is 71.1 Å². The van der Waals surface area contributed by atoms with E-state index in [0.29, 0.717) is 6.42 Å². The Balaban J connectivity index is 3.43. The average molecular weight is 304 g/mol. The smallest absolute Gasteiger partial charge is 0.303 e. The molecule has 0 unspecified atom stereocenters. The van der Waals surface area contributed by atoms with E-state index in [9.17, 15) is 4.79 Å². The second kappa shape index (κ2) is 17.5. The van der Waals surface area contributed by atoms with Crippen molar-refractivity contribution in [2.75, 3.05) is 0 Å². The average Bonchev–Trinajstić information content (AvgIpc) is 2.50. The van der Waals surface area contributed by atoms with Crippen LogP contribution < -0.4 is 0 Å². The van der Waals surface area contributed by atoms with Gasteiger partial charge in [0.05, 0.1) is 0 Å². The molecule has 0 saturated carbocycles. The van der Waals surface area contributed by atoms with Gasteiger partial charge < -0.3 is 5.11 Å². The van der Waals surface area contributed by atoms with Gasteiger partial charge in [-0.25, -0.2) is 0 Å². The highest BCUT2D eigenvalue weighted by Crippen LogP contribution is 2.03. The SMILES string of the molecule is CCCCC/C=C/C/C=C/C=C/C=C/CCCCCC(=O)O. The molecule has 0 saturated heterocycles. The Bertz CT molecular complexity index is 362. The molecule has 0 bridgehead atoms. The Labute approximate surface area is 136 Å². The van der Waals surface area contributed by atoms with E-state index in [1.165, 1.54) is 25.7 Å². The van der Waals surface area contributed by atoms with Crippen LogP contribution in [0.2, 0.25) is 0 Å². The molecule has 0 radical (unpaired) electrons. The number of rotatable bonds is 14. The van der Waals surface area contributed by atoms with E-state index in [0.717, 1.165) is 32.1 Å². The maximum atomic E-state index is 10.3. The fourth-order valence-electron chi connectivity index (χ4n) is 1.98. The van der Waals surface area contributed by atoms with Gasteiger partial charge in [0.15, 0.2) is 0 Å². The molecule has 0 aromatic rings. The summed E-state index contributed by atoms with van der Waals surface area (Å²) in [5.74, 6) is -0.693. The molecule has 124 valence electrons. The Morgan fingerprint density at radius 1 is 0.773 bits per heavy atom. The third kappa shape index (κ3) is 18.4. The minimum absolute atomic E-state index is 0.293. The molecule has 22 heavy (non-hydrogen) atoms. The maximum Gasteiger partial charge on any atom is 0.303 e. The van der Waals surface area contributed by atoms with Crippen LogP contribution in [-0.2, 0) is 4.79 Å². The van der Waals surface area contributed by atoms with Crippen LogP contribution in [0.1, 0.15) is 71.1 Å². The van der Waals surface area contributed by atoms with Gasteiger partial charge in [0.1, 0.15) is 0 Å². The van der Waals surface area contributed by atoms with E-state index >= 15 is 0 Å². The Morgan fingerprint density at radius 3 is 2.18 bits per heavy atom. The minimum atomic E-state index is -0.693. The largest absolute Gasteiger partial charge is 0.481 e. The number of unbranched alkanes of at least 4 members (excludes halogenated alkanes) is 6. The highest BCUT2D eigenvalue weighted by molar-refractivity contribution is 5.66. The second-order valence-electron chi connectivity index (χ2n) is 5.44. The standard InChI is InChI=1S/C20H32O2/c1-2-3-4-5-6-7-8-9-10-11-12-13-14-15-16-17-18-19-20(21)22/h6-7,9-14H,2-5,8,15-19H2,1H3,(H,21,22)/b7-6+,10-9+,12-11+,14-13+. The quantitative estimate of drug-likeness (QED) is 0.235. The van der Waals surface area contributed by atoms with Gasteiger partial charge in [-0.2, -0.15) is 0 Å². The third-order valence-electron chi connectivity index (χ3n) is 3.28. The van der Waals surface area contributed by atoms with E-state index in [1.54, 1.807) is 0 Å². The number of carbonyl (C=O) groups is 1. The Kier molecular flexibility index (Phi) is 16.2. The molecular formula is C20H32O2. The zero-order valence-corrected chi connectivity index (χ0v) is 14.0. The van der Waals surface area contributed by atoms with E-state index < -0.39 is 5.97 Å². The summed E-state index contributed by atoms with van der Waals surface area (Å²) in [4.78, 5) is 10.3. The second-order valence-corrected chi connectivity index (χ2v) is 5.44. The maximum absolute atomic E-state index is 10.3. The summed E-state index contributed by atoms with van der Waals surface area (Å²) in [6.07, 6.45) is 27.3. The topological polar surface area (TPSA) is 37.3 Å². The van der Waals surface area contributed by atoms with Crippen LogP contribution in [0.15, 0.2) is 48.6 Å². The van der Waals surface area contributed by atoms with E-state index in [4.69, 9.17) is 5.11 Å². The van der Waals surface area contributed by atoms with Gasteiger partial charge in [-0.1, -0.05) is 74.8 Å². The van der Waals surface area contributed by atoms with Crippen LogP contribution in [0.25, 0.3) is 0 Å². The number of aliphatic carboxylic acids is 1. The van der Waals surface area contributed by atoms with Crippen molar-refractivity contribution in [1.29, 1.82) is 0 Å². The first-order valence-corrected chi connectivity index (χ1v) is 8.62. The molecule has 0 heterocycles. The van der Waals surface area contributed by atoms with Crippen LogP contribution in [0.4, 0.5) is 0 Å². The summed E-state index contributed by atoms with van der Waals surface area (Å²) in [7, 11) is 0. The third-order valence-corrected chi connectivity index (χ3v) is 3.28. The van der Waals surface area contributed by atoms with Crippen molar-refractivity contribution in [1.82, 2.24) is 0 Å². The lowest BCUT2D eigenvalue weighted by molar-refractivity contribution is -0.137. The van der Waals surface area contributed by atoms with Gasteiger partial charge in [0.25, 0.3) is 0 Å². The van der Waals surface area contributed by atoms with Crippen LogP contribution in [0.5, 0.6) is 0 Å². The summed E-state index contributed by atoms with van der Waals surface area (Å²) in [6.45, 7) is 2.23. The van der Waals surface area contributed by atoms with E-state index in [2.05, 4.69) is 43.4 Å². The van der Waals surface area contributed by atoms with Crippen molar-refractivity contribution in [3.63, 3.8) is 0 Å². The molecule has 0 rings (SSSR count). The molecule has 0 aliphatic rings.